The lowest BCUT2D eigenvalue weighted by atomic mass is 10.0. The van der Waals surface area contributed by atoms with Crippen molar-refractivity contribution in [1.29, 1.82) is 0 Å². The van der Waals surface area contributed by atoms with E-state index in [-0.39, 0.29) is 17.8 Å². The third kappa shape index (κ3) is 2.78. The highest BCUT2D eigenvalue weighted by atomic mass is 19.4. The van der Waals surface area contributed by atoms with E-state index in [2.05, 4.69) is 15.3 Å². The molecule has 1 aliphatic rings. The molecule has 1 aliphatic heterocycles. The normalized spacial score (nSPS) is 15.6. The lowest BCUT2D eigenvalue weighted by molar-refractivity contribution is -0.142. The lowest BCUT2D eigenvalue weighted by Gasteiger charge is -2.21. The highest BCUT2D eigenvalue weighted by Gasteiger charge is 2.37. The number of nitrogens with one attached hydrogen (secondary N) is 1. The molecule has 1 aromatic rings. The van der Waals surface area contributed by atoms with Gasteiger partial charge in [0.15, 0.2) is 5.69 Å². The Kier molecular flexibility index (Phi) is 3.82. The van der Waals surface area contributed by atoms with Gasteiger partial charge in [0.1, 0.15) is 5.82 Å². The van der Waals surface area contributed by atoms with Gasteiger partial charge in [-0.15, -0.1) is 0 Å². The maximum absolute atomic E-state index is 12.9. The Morgan fingerprint density at radius 2 is 2.11 bits per heavy atom. The molecule has 2 heterocycles. The van der Waals surface area contributed by atoms with Crippen molar-refractivity contribution in [1.82, 2.24) is 15.3 Å². The van der Waals surface area contributed by atoms with Crippen LogP contribution in [0.4, 0.5) is 13.2 Å². The van der Waals surface area contributed by atoms with Crippen LogP contribution in [0.15, 0.2) is 0 Å². The highest BCUT2D eigenvalue weighted by molar-refractivity contribution is 5.30. The van der Waals surface area contributed by atoms with E-state index in [1.165, 1.54) is 7.11 Å². The standard InChI is InChI=1S/C11H14F3N3O/c1-18-5-3-9-16-8-6-15-4-2-7(8)10(17-9)11(12,13)14/h15H,2-6H2,1H3. The number of ether oxygens (including phenoxy) is 1. The summed E-state index contributed by atoms with van der Waals surface area (Å²) in [6.45, 7) is 1.20. The summed E-state index contributed by atoms with van der Waals surface area (Å²) in [6, 6.07) is 0. The minimum absolute atomic E-state index is 0.187. The molecule has 18 heavy (non-hydrogen) atoms. The van der Waals surface area contributed by atoms with Crippen LogP contribution in [-0.4, -0.2) is 30.2 Å². The molecule has 7 heteroatoms. The fourth-order valence-electron chi connectivity index (χ4n) is 1.95. The first kappa shape index (κ1) is 13.2. The van der Waals surface area contributed by atoms with E-state index in [4.69, 9.17) is 4.74 Å². The Labute approximate surface area is 103 Å². The van der Waals surface area contributed by atoms with E-state index in [1.807, 2.05) is 0 Å². The van der Waals surface area contributed by atoms with Gasteiger partial charge >= 0.3 is 6.18 Å². The fraction of sp³-hybridized carbons (Fsp3) is 0.636. The van der Waals surface area contributed by atoms with E-state index >= 15 is 0 Å². The van der Waals surface area contributed by atoms with Gasteiger partial charge in [-0.05, 0) is 13.0 Å². The Balaban J connectivity index is 2.41. The van der Waals surface area contributed by atoms with Crippen molar-refractivity contribution in [2.75, 3.05) is 20.3 Å². The monoisotopic (exact) mass is 261 g/mol. The van der Waals surface area contributed by atoms with Crippen molar-refractivity contribution in [2.45, 2.75) is 25.6 Å². The zero-order valence-electron chi connectivity index (χ0n) is 9.97. The van der Waals surface area contributed by atoms with Gasteiger partial charge in [-0.3, -0.25) is 0 Å². The molecule has 0 amide bonds. The third-order valence-electron chi connectivity index (χ3n) is 2.78. The van der Waals surface area contributed by atoms with Crippen LogP contribution in [0.3, 0.4) is 0 Å². The fourth-order valence-corrected chi connectivity index (χ4v) is 1.95. The molecule has 0 atom stereocenters. The summed E-state index contributed by atoms with van der Waals surface area (Å²) in [4.78, 5) is 7.82. The van der Waals surface area contributed by atoms with Gasteiger partial charge in [-0.25, -0.2) is 9.97 Å². The summed E-state index contributed by atoms with van der Waals surface area (Å²) in [5.41, 5.74) is -0.114. The van der Waals surface area contributed by atoms with E-state index in [0.717, 1.165) is 0 Å². The number of fused-ring (bicyclic) bond motifs is 1. The number of halogens is 3. The van der Waals surface area contributed by atoms with Crippen LogP contribution in [0.2, 0.25) is 0 Å². The van der Waals surface area contributed by atoms with Gasteiger partial charge in [0, 0.05) is 25.6 Å². The first-order chi connectivity index (χ1) is 8.52. The van der Waals surface area contributed by atoms with Gasteiger partial charge in [0.2, 0.25) is 0 Å². The third-order valence-corrected chi connectivity index (χ3v) is 2.78. The number of rotatable bonds is 3. The van der Waals surface area contributed by atoms with Crippen LogP contribution in [0.5, 0.6) is 0 Å². The molecule has 0 aliphatic carbocycles. The quantitative estimate of drug-likeness (QED) is 0.891. The molecule has 0 saturated carbocycles. The molecule has 0 radical (unpaired) electrons. The van der Waals surface area contributed by atoms with Crippen LogP contribution >= 0.6 is 0 Å². The summed E-state index contributed by atoms with van der Waals surface area (Å²) >= 11 is 0. The van der Waals surface area contributed by atoms with Gasteiger partial charge in [-0.1, -0.05) is 0 Å². The number of methoxy groups -OCH3 is 1. The average Bonchev–Trinajstić information content (AvgIpc) is 2.34. The number of hydrogen-bond donors (Lipinski definition) is 1. The topological polar surface area (TPSA) is 47.0 Å². The predicted molar refractivity (Wildman–Crippen MR) is 58.0 cm³/mol. The maximum atomic E-state index is 12.9. The molecule has 100 valence electrons. The second-order valence-corrected chi connectivity index (χ2v) is 4.08. The molecule has 0 spiro atoms. The summed E-state index contributed by atoms with van der Waals surface area (Å²) in [5, 5.41) is 3.01. The summed E-state index contributed by atoms with van der Waals surface area (Å²) in [7, 11) is 1.49. The molecule has 0 fully saturated rings. The van der Waals surface area contributed by atoms with E-state index in [9.17, 15) is 13.2 Å². The van der Waals surface area contributed by atoms with E-state index < -0.39 is 11.9 Å². The number of alkyl halides is 3. The molecule has 0 unspecified atom stereocenters. The average molecular weight is 261 g/mol. The van der Waals surface area contributed by atoms with Crippen LogP contribution in [0.1, 0.15) is 22.8 Å². The van der Waals surface area contributed by atoms with Gasteiger partial charge in [0.25, 0.3) is 0 Å². The number of nitrogens with zero attached hydrogens (tertiary/aromatic N) is 2. The highest BCUT2D eigenvalue weighted by Crippen LogP contribution is 2.32. The zero-order valence-corrected chi connectivity index (χ0v) is 9.97. The second kappa shape index (κ2) is 5.19. The van der Waals surface area contributed by atoms with Crippen molar-refractivity contribution in [2.24, 2.45) is 0 Å². The SMILES string of the molecule is COCCc1nc2c(c(C(F)(F)F)n1)CCNC2. The summed E-state index contributed by atoms with van der Waals surface area (Å²) < 4.78 is 43.6. The number of aromatic nitrogens is 2. The smallest absolute Gasteiger partial charge is 0.384 e. The van der Waals surface area contributed by atoms with Gasteiger partial charge < -0.3 is 10.1 Å². The molecule has 2 rings (SSSR count). The minimum Gasteiger partial charge on any atom is -0.384 e. The van der Waals surface area contributed by atoms with Crippen LogP contribution < -0.4 is 5.32 Å². The Hall–Kier alpha value is -1.21. The van der Waals surface area contributed by atoms with Crippen LogP contribution in [0.25, 0.3) is 0 Å². The van der Waals surface area contributed by atoms with Crippen molar-refractivity contribution >= 4 is 0 Å². The molecular weight excluding hydrogens is 247 g/mol. The van der Waals surface area contributed by atoms with Crippen LogP contribution in [-0.2, 0) is 30.3 Å². The van der Waals surface area contributed by atoms with Crippen molar-refractivity contribution in [3.8, 4) is 0 Å². The predicted octanol–water partition coefficient (Wildman–Crippen LogP) is 1.33. The molecule has 4 nitrogen and oxygen atoms in total. The minimum atomic E-state index is -4.42. The van der Waals surface area contributed by atoms with Gasteiger partial charge in [-0.2, -0.15) is 13.2 Å². The van der Waals surface area contributed by atoms with Gasteiger partial charge in [0.05, 0.1) is 12.3 Å². The molecule has 1 N–H and O–H groups in total. The molecule has 0 aromatic carbocycles. The molecule has 0 saturated heterocycles. The van der Waals surface area contributed by atoms with Crippen molar-refractivity contribution < 1.29 is 17.9 Å². The zero-order chi connectivity index (χ0) is 13.2. The summed E-state index contributed by atoms with van der Waals surface area (Å²) in [5.74, 6) is 0.187. The van der Waals surface area contributed by atoms with Crippen molar-refractivity contribution in [3.05, 3.63) is 22.8 Å². The molecular formula is C11H14F3N3O. The first-order valence-electron chi connectivity index (χ1n) is 5.68. The van der Waals surface area contributed by atoms with E-state index in [1.54, 1.807) is 0 Å². The lowest BCUT2D eigenvalue weighted by Crippen LogP contribution is -2.29. The number of hydrogen-bond acceptors (Lipinski definition) is 4. The first-order valence-corrected chi connectivity index (χ1v) is 5.68. The largest absolute Gasteiger partial charge is 0.433 e. The van der Waals surface area contributed by atoms with Crippen LogP contribution in [0, 0.1) is 0 Å². The molecule has 1 aromatic heterocycles. The summed E-state index contributed by atoms with van der Waals surface area (Å²) in [6.07, 6.45) is -3.83. The van der Waals surface area contributed by atoms with E-state index in [0.29, 0.717) is 31.8 Å². The Bertz CT molecular complexity index is 434. The Morgan fingerprint density at radius 1 is 1.33 bits per heavy atom. The Morgan fingerprint density at radius 3 is 2.78 bits per heavy atom. The molecule has 0 bridgehead atoms. The van der Waals surface area contributed by atoms with Crippen molar-refractivity contribution in [3.63, 3.8) is 0 Å². The second-order valence-electron chi connectivity index (χ2n) is 4.08. The maximum Gasteiger partial charge on any atom is 0.433 e.